The number of benzene rings is 1. The third-order valence-corrected chi connectivity index (χ3v) is 7.32. The predicted octanol–water partition coefficient (Wildman–Crippen LogP) is 5.05. The first-order valence-corrected chi connectivity index (χ1v) is 14.0. The number of aromatic amines is 2. The molecule has 1 saturated carbocycles. The number of amides is 1. The van der Waals surface area contributed by atoms with Crippen LogP contribution in [0.2, 0.25) is 0 Å². The normalized spacial score (nSPS) is 13.2. The number of ether oxygens (including phenoxy) is 1. The van der Waals surface area contributed by atoms with Gasteiger partial charge in [0.05, 0.1) is 22.8 Å². The van der Waals surface area contributed by atoms with Crippen LogP contribution in [0.4, 0.5) is 10.1 Å². The monoisotopic (exact) mass is 577 g/mol. The fraction of sp³-hybridized carbons (Fsp3) is 0.226. The maximum atomic E-state index is 14.6. The summed E-state index contributed by atoms with van der Waals surface area (Å²) in [7, 11) is 3.91. The first-order valence-electron chi connectivity index (χ1n) is 14.0. The van der Waals surface area contributed by atoms with Crippen molar-refractivity contribution in [1.82, 2.24) is 40.0 Å². The zero-order valence-corrected chi connectivity index (χ0v) is 23.6. The van der Waals surface area contributed by atoms with Crippen molar-refractivity contribution in [2.24, 2.45) is 5.92 Å². The van der Waals surface area contributed by atoms with Gasteiger partial charge in [0.15, 0.2) is 17.1 Å². The highest BCUT2D eigenvalue weighted by Crippen LogP contribution is 2.34. The van der Waals surface area contributed by atoms with Crippen molar-refractivity contribution in [3.8, 4) is 39.5 Å². The molecule has 11 nitrogen and oxygen atoms in total. The third kappa shape index (κ3) is 5.52. The summed E-state index contributed by atoms with van der Waals surface area (Å²) in [5.74, 6) is 0.683. The number of pyridine rings is 3. The average Bonchev–Trinajstić information content (AvgIpc) is 3.62. The molecule has 0 atom stereocenters. The van der Waals surface area contributed by atoms with Gasteiger partial charge in [0.25, 0.3) is 0 Å². The van der Waals surface area contributed by atoms with E-state index in [0.717, 1.165) is 34.9 Å². The van der Waals surface area contributed by atoms with Gasteiger partial charge in [-0.3, -0.25) is 14.9 Å². The van der Waals surface area contributed by atoms with Gasteiger partial charge in [-0.05, 0) is 62.8 Å². The molecule has 12 heteroatoms. The van der Waals surface area contributed by atoms with Crippen molar-refractivity contribution in [2.75, 3.05) is 32.6 Å². The number of likely N-dealkylation sites (N-methyl/N-ethyl adjacent to an activating group) is 1. The van der Waals surface area contributed by atoms with Crippen LogP contribution in [0.5, 0.6) is 5.75 Å². The van der Waals surface area contributed by atoms with Gasteiger partial charge in [0, 0.05) is 53.8 Å². The molecule has 0 saturated heterocycles. The van der Waals surface area contributed by atoms with E-state index < -0.39 is 5.82 Å². The Labute approximate surface area is 245 Å². The minimum absolute atomic E-state index is 0.0221. The predicted molar refractivity (Wildman–Crippen MR) is 161 cm³/mol. The van der Waals surface area contributed by atoms with Gasteiger partial charge in [0.1, 0.15) is 23.9 Å². The van der Waals surface area contributed by atoms with Crippen LogP contribution >= 0.6 is 0 Å². The lowest BCUT2D eigenvalue weighted by molar-refractivity contribution is -0.117. The van der Waals surface area contributed by atoms with Crippen LogP contribution < -0.4 is 10.1 Å². The Bertz CT molecular complexity index is 1980. The molecule has 3 N–H and O–H groups in total. The van der Waals surface area contributed by atoms with Crippen LogP contribution in [0.1, 0.15) is 12.8 Å². The number of rotatable bonds is 9. The number of nitrogens with zero attached hydrogens (tertiary/aromatic N) is 6. The zero-order chi connectivity index (χ0) is 29.5. The molecule has 0 radical (unpaired) electrons. The minimum Gasteiger partial charge on any atom is -0.492 e. The summed E-state index contributed by atoms with van der Waals surface area (Å²) in [5.41, 5.74) is 5.90. The molecule has 43 heavy (non-hydrogen) atoms. The van der Waals surface area contributed by atoms with E-state index in [0.29, 0.717) is 58.5 Å². The lowest BCUT2D eigenvalue weighted by Crippen LogP contribution is -2.19. The fourth-order valence-electron chi connectivity index (χ4n) is 4.91. The summed E-state index contributed by atoms with van der Waals surface area (Å²) in [5, 5.41) is 11.1. The number of hydrogen-bond acceptors (Lipinski definition) is 8. The summed E-state index contributed by atoms with van der Waals surface area (Å²) < 4.78 is 20.4. The smallest absolute Gasteiger partial charge is 0.227 e. The van der Waals surface area contributed by atoms with Crippen molar-refractivity contribution in [3.63, 3.8) is 0 Å². The van der Waals surface area contributed by atoms with Crippen LogP contribution in [0.3, 0.4) is 0 Å². The second kappa shape index (κ2) is 10.9. The number of hydrogen-bond donors (Lipinski definition) is 3. The highest BCUT2D eigenvalue weighted by molar-refractivity contribution is 5.97. The summed E-state index contributed by atoms with van der Waals surface area (Å²) in [6.45, 7) is 1.15. The second-order valence-corrected chi connectivity index (χ2v) is 10.9. The SMILES string of the molecule is CN(C)CCOc1cc(F)cc(-c2ccnc3nc(-c4[nH]nc5ncc(-c6cncc(NC(=O)C7CC7)c6)cc45)[nH]c23)c1. The average molecular weight is 578 g/mol. The Morgan fingerprint density at radius 2 is 1.91 bits per heavy atom. The van der Waals surface area contributed by atoms with Gasteiger partial charge in [-0.25, -0.2) is 19.3 Å². The van der Waals surface area contributed by atoms with Gasteiger partial charge in [0.2, 0.25) is 5.91 Å². The number of anilines is 1. The van der Waals surface area contributed by atoms with Crippen molar-refractivity contribution in [3.05, 3.63) is 67.0 Å². The second-order valence-electron chi connectivity index (χ2n) is 10.9. The summed E-state index contributed by atoms with van der Waals surface area (Å²) in [6, 6.07) is 10.3. The number of carbonyl (C=O) groups is 1. The Balaban J connectivity index is 1.23. The quantitative estimate of drug-likeness (QED) is 0.217. The van der Waals surface area contributed by atoms with Gasteiger partial charge in [-0.1, -0.05) is 0 Å². The standard InChI is InChI=1S/C31H28FN9O2/c1-41(2)7-8-43-23-11-18(9-21(32)13-23)24-5-6-34-29-26(24)37-30(38-29)27-25-12-20(15-35-28(25)40-39-27)19-10-22(16-33-14-19)36-31(42)17-3-4-17/h5-6,9-17H,3-4,7-8H2,1-2H3,(H,36,42)(H,34,37,38)(H,35,39,40). The van der Waals surface area contributed by atoms with E-state index in [4.69, 9.17) is 9.72 Å². The maximum Gasteiger partial charge on any atom is 0.227 e. The molecule has 5 heterocycles. The molecule has 1 aliphatic rings. The number of nitrogens with one attached hydrogen (secondary N) is 3. The van der Waals surface area contributed by atoms with Crippen LogP contribution in [0, 0.1) is 11.7 Å². The van der Waals surface area contributed by atoms with Crippen molar-refractivity contribution in [2.45, 2.75) is 12.8 Å². The molecule has 1 amide bonds. The first-order chi connectivity index (χ1) is 20.9. The molecule has 0 unspecified atom stereocenters. The summed E-state index contributed by atoms with van der Waals surface area (Å²) >= 11 is 0. The molecular weight excluding hydrogens is 549 g/mol. The number of imidazole rings is 1. The number of aromatic nitrogens is 7. The van der Waals surface area contributed by atoms with E-state index in [1.54, 1.807) is 24.8 Å². The van der Waals surface area contributed by atoms with Crippen molar-refractivity contribution >= 4 is 33.8 Å². The highest BCUT2D eigenvalue weighted by atomic mass is 19.1. The van der Waals surface area contributed by atoms with E-state index in [1.165, 1.54) is 12.1 Å². The van der Waals surface area contributed by atoms with Gasteiger partial charge in [-0.15, -0.1) is 0 Å². The molecule has 1 aliphatic carbocycles. The molecular formula is C31H28FN9O2. The molecule has 0 aliphatic heterocycles. The number of fused-ring (bicyclic) bond motifs is 2. The lowest BCUT2D eigenvalue weighted by Gasteiger charge is -2.12. The van der Waals surface area contributed by atoms with Crippen LogP contribution in [-0.2, 0) is 4.79 Å². The zero-order valence-electron chi connectivity index (χ0n) is 23.6. The minimum atomic E-state index is -0.397. The van der Waals surface area contributed by atoms with E-state index >= 15 is 0 Å². The molecule has 7 rings (SSSR count). The number of halogens is 1. The van der Waals surface area contributed by atoms with Crippen molar-refractivity contribution < 1.29 is 13.9 Å². The molecule has 5 aromatic heterocycles. The Kier molecular flexibility index (Phi) is 6.74. The van der Waals surface area contributed by atoms with Crippen LogP contribution in [0.15, 0.2) is 61.2 Å². The fourth-order valence-corrected chi connectivity index (χ4v) is 4.91. The summed E-state index contributed by atoms with van der Waals surface area (Å²) in [4.78, 5) is 35.6. The van der Waals surface area contributed by atoms with E-state index in [-0.39, 0.29) is 11.8 Å². The highest BCUT2D eigenvalue weighted by Gasteiger charge is 2.29. The van der Waals surface area contributed by atoms with Gasteiger partial charge < -0.3 is 19.9 Å². The molecule has 0 spiro atoms. The van der Waals surface area contributed by atoms with E-state index in [1.807, 2.05) is 43.3 Å². The topological polar surface area (TPSA) is 138 Å². The van der Waals surface area contributed by atoms with Gasteiger partial charge in [-0.2, -0.15) is 5.10 Å². The Morgan fingerprint density at radius 3 is 2.74 bits per heavy atom. The Morgan fingerprint density at radius 1 is 1.05 bits per heavy atom. The number of H-pyrrole nitrogens is 2. The van der Waals surface area contributed by atoms with Gasteiger partial charge >= 0.3 is 0 Å². The lowest BCUT2D eigenvalue weighted by atomic mass is 10.1. The van der Waals surface area contributed by atoms with E-state index in [2.05, 4.69) is 35.5 Å². The maximum absolute atomic E-state index is 14.6. The largest absolute Gasteiger partial charge is 0.492 e. The molecule has 1 fully saturated rings. The Hall–Kier alpha value is -5.23. The molecule has 1 aromatic carbocycles. The van der Waals surface area contributed by atoms with Crippen LogP contribution in [0.25, 0.3) is 56.0 Å². The number of carbonyl (C=O) groups excluding carboxylic acids is 1. The molecule has 6 aromatic rings. The van der Waals surface area contributed by atoms with Crippen molar-refractivity contribution in [1.29, 1.82) is 0 Å². The molecule has 0 bridgehead atoms. The first kappa shape index (κ1) is 26.7. The summed E-state index contributed by atoms with van der Waals surface area (Å²) in [6.07, 6.45) is 8.58. The third-order valence-electron chi connectivity index (χ3n) is 7.32. The molecule has 216 valence electrons. The van der Waals surface area contributed by atoms with Crippen LogP contribution in [-0.4, -0.2) is 73.2 Å². The van der Waals surface area contributed by atoms with E-state index in [9.17, 15) is 9.18 Å².